The average molecular weight is 287 g/mol. The molecule has 0 spiro atoms. The smallest absolute Gasteiger partial charge is 0.351 e. The molecular formula is C10H9NO5S2. The summed E-state index contributed by atoms with van der Waals surface area (Å²) in [6.07, 6.45) is 0. The van der Waals surface area contributed by atoms with Crippen LogP contribution in [0.15, 0.2) is 4.79 Å². The van der Waals surface area contributed by atoms with Gasteiger partial charge in [-0.05, 0) is 0 Å². The first-order valence-corrected chi connectivity index (χ1v) is 6.96. The molecule has 8 heteroatoms. The van der Waals surface area contributed by atoms with Crippen LogP contribution in [0, 0.1) is 0 Å². The van der Waals surface area contributed by atoms with Gasteiger partial charge in [0.2, 0.25) is 0 Å². The predicted molar refractivity (Wildman–Crippen MR) is 66.7 cm³/mol. The molecule has 2 rings (SSSR count). The lowest BCUT2D eigenvalue weighted by Crippen LogP contribution is -2.19. The van der Waals surface area contributed by atoms with E-state index in [2.05, 4.69) is 9.47 Å². The number of hydrogen-bond acceptors (Lipinski definition) is 7. The first kappa shape index (κ1) is 12.8. The molecule has 0 saturated heterocycles. The normalized spacial score (nSPS) is 10.6. The summed E-state index contributed by atoms with van der Waals surface area (Å²) in [5, 5.41) is 0. The summed E-state index contributed by atoms with van der Waals surface area (Å²) in [4.78, 5) is 35.8. The molecule has 0 radical (unpaired) electrons. The first-order chi connectivity index (χ1) is 8.52. The fraction of sp³-hybridized carbons (Fsp3) is 0.300. The number of ether oxygens (including phenoxy) is 2. The molecule has 0 amide bonds. The number of hydrogen-bond donors (Lipinski definition) is 0. The maximum Gasteiger partial charge on any atom is 0.351 e. The van der Waals surface area contributed by atoms with Crippen LogP contribution in [0.3, 0.4) is 0 Å². The third-order valence-corrected chi connectivity index (χ3v) is 4.90. The van der Waals surface area contributed by atoms with Gasteiger partial charge in [-0.25, -0.2) is 9.59 Å². The number of rotatable bonds is 2. The van der Waals surface area contributed by atoms with Crippen LogP contribution in [-0.4, -0.2) is 30.7 Å². The van der Waals surface area contributed by atoms with E-state index in [1.165, 1.54) is 46.5 Å². The number of aromatic nitrogens is 1. The van der Waals surface area contributed by atoms with Crippen molar-refractivity contribution >= 4 is 32.6 Å². The highest BCUT2D eigenvalue weighted by Crippen LogP contribution is 2.39. The second-order valence-corrected chi connectivity index (χ2v) is 5.55. The molecule has 96 valence electrons. The minimum atomic E-state index is -0.698. The van der Waals surface area contributed by atoms with Crippen molar-refractivity contribution in [3.63, 3.8) is 0 Å². The fourth-order valence-electron chi connectivity index (χ4n) is 1.60. The van der Waals surface area contributed by atoms with Crippen LogP contribution in [0.1, 0.15) is 20.0 Å². The average Bonchev–Trinajstić information content (AvgIpc) is 2.89. The molecule has 0 aliphatic carbocycles. The van der Waals surface area contributed by atoms with E-state index in [4.69, 9.17) is 0 Å². The SMILES string of the molecule is COC(=O)c1ssc2c(C(=O)OC)c(=O)n(C)c1-2. The van der Waals surface area contributed by atoms with Gasteiger partial charge in [0.05, 0.1) is 24.8 Å². The molecule has 0 atom stereocenters. The fourth-order valence-corrected chi connectivity index (χ4v) is 4.30. The van der Waals surface area contributed by atoms with Crippen LogP contribution in [0.5, 0.6) is 0 Å². The Morgan fingerprint density at radius 2 is 1.72 bits per heavy atom. The lowest BCUT2D eigenvalue weighted by atomic mass is 10.2. The number of carbonyl (C=O) groups excluding carboxylic acids is 2. The van der Waals surface area contributed by atoms with E-state index in [0.717, 1.165) is 0 Å². The Morgan fingerprint density at radius 3 is 2.28 bits per heavy atom. The molecular weight excluding hydrogens is 278 g/mol. The molecule has 0 unspecified atom stereocenters. The molecule has 0 saturated carbocycles. The molecule has 0 aromatic rings. The van der Waals surface area contributed by atoms with Gasteiger partial charge < -0.3 is 14.0 Å². The van der Waals surface area contributed by atoms with Crippen LogP contribution in [0.4, 0.5) is 0 Å². The van der Waals surface area contributed by atoms with Crippen molar-refractivity contribution in [1.29, 1.82) is 0 Å². The highest BCUT2D eigenvalue weighted by molar-refractivity contribution is 7.71. The van der Waals surface area contributed by atoms with E-state index in [1.54, 1.807) is 0 Å². The van der Waals surface area contributed by atoms with Crippen molar-refractivity contribution in [2.75, 3.05) is 14.2 Å². The highest BCUT2D eigenvalue weighted by Gasteiger charge is 2.32. The van der Waals surface area contributed by atoms with Crippen LogP contribution in [0.25, 0.3) is 10.6 Å². The Labute approximate surface area is 109 Å². The zero-order chi connectivity index (χ0) is 13.4. The standard InChI is InChI=1S/C10H9NO5S2/c1-11-5-6(4(8(11)12)9(13)15-2)17-18-7(5)10(14)16-3/h1-3H3. The second-order valence-electron chi connectivity index (χ2n) is 3.40. The molecule has 6 nitrogen and oxygen atoms in total. The Balaban J connectivity index is 2.72. The quantitative estimate of drug-likeness (QED) is 0.612. The van der Waals surface area contributed by atoms with E-state index in [9.17, 15) is 14.4 Å². The summed E-state index contributed by atoms with van der Waals surface area (Å²) < 4.78 is 10.5. The molecule has 0 bridgehead atoms. The maximum atomic E-state index is 11.9. The lowest BCUT2D eigenvalue weighted by Gasteiger charge is -1.99. The van der Waals surface area contributed by atoms with Gasteiger partial charge in [0, 0.05) is 7.05 Å². The van der Waals surface area contributed by atoms with Crippen molar-refractivity contribution in [2.45, 2.75) is 0 Å². The monoisotopic (exact) mass is 287 g/mol. The predicted octanol–water partition coefficient (Wildman–Crippen LogP) is 1.19. The number of esters is 2. The lowest BCUT2D eigenvalue weighted by molar-refractivity contribution is 0.0593. The largest absolute Gasteiger partial charge is 0.465 e. The van der Waals surface area contributed by atoms with E-state index in [1.807, 2.05) is 0 Å². The van der Waals surface area contributed by atoms with Gasteiger partial charge in [-0.1, -0.05) is 20.7 Å². The van der Waals surface area contributed by atoms with Crippen molar-refractivity contribution in [1.82, 2.24) is 4.57 Å². The molecule has 0 aromatic carbocycles. The van der Waals surface area contributed by atoms with Crippen molar-refractivity contribution in [3.05, 3.63) is 20.8 Å². The van der Waals surface area contributed by atoms with Gasteiger partial charge in [0.1, 0.15) is 10.4 Å². The van der Waals surface area contributed by atoms with Gasteiger partial charge in [-0.3, -0.25) is 4.79 Å². The zero-order valence-corrected chi connectivity index (χ0v) is 11.4. The Hall–Kier alpha value is -1.67. The summed E-state index contributed by atoms with van der Waals surface area (Å²) in [5.41, 5.74) is -0.0882. The summed E-state index contributed by atoms with van der Waals surface area (Å²) in [6.45, 7) is 0. The van der Waals surface area contributed by atoms with Gasteiger partial charge in [0.15, 0.2) is 0 Å². The molecule has 18 heavy (non-hydrogen) atoms. The highest BCUT2D eigenvalue weighted by atomic mass is 32.9. The molecule has 2 aliphatic rings. The molecule has 2 aliphatic heterocycles. The van der Waals surface area contributed by atoms with Crippen LogP contribution in [0.2, 0.25) is 0 Å². The molecule has 0 N–H and O–H groups in total. The first-order valence-electron chi connectivity index (χ1n) is 4.81. The summed E-state index contributed by atoms with van der Waals surface area (Å²) in [7, 11) is 6.32. The number of fused-ring (bicyclic) bond motifs is 1. The van der Waals surface area contributed by atoms with Gasteiger partial charge in [0.25, 0.3) is 5.56 Å². The minimum absolute atomic E-state index is 0.0357. The maximum absolute atomic E-state index is 11.9. The third-order valence-electron chi connectivity index (χ3n) is 2.48. The van der Waals surface area contributed by atoms with E-state index < -0.39 is 17.5 Å². The van der Waals surface area contributed by atoms with Crippen LogP contribution in [-0.2, 0) is 16.5 Å². The van der Waals surface area contributed by atoms with Crippen molar-refractivity contribution < 1.29 is 19.1 Å². The third kappa shape index (κ3) is 1.65. The van der Waals surface area contributed by atoms with Crippen LogP contribution < -0.4 is 5.56 Å². The summed E-state index contributed by atoms with van der Waals surface area (Å²) >= 11 is 0. The number of nitrogens with zero attached hydrogens (tertiary/aromatic N) is 1. The van der Waals surface area contributed by atoms with Gasteiger partial charge in [-0.2, -0.15) is 0 Å². The van der Waals surface area contributed by atoms with Crippen molar-refractivity contribution in [3.8, 4) is 10.6 Å². The number of carbonyl (C=O) groups is 2. The summed E-state index contributed by atoms with van der Waals surface area (Å²) in [5.74, 6) is -1.22. The molecule has 0 fully saturated rings. The number of methoxy groups -OCH3 is 2. The molecule has 2 heterocycles. The minimum Gasteiger partial charge on any atom is -0.465 e. The van der Waals surface area contributed by atoms with E-state index >= 15 is 0 Å². The Bertz CT molecular complexity index is 650. The second kappa shape index (κ2) is 4.54. The van der Waals surface area contributed by atoms with E-state index in [-0.39, 0.29) is 5.56 Å². The van der Waals surface area contributed by atoms with Crippen LogP contribution >= 0.6 is 20.7 Å². The zero-order valence-electron chi connectivity index (χ0n) is 9.80. The summed E-state index contributed by atoms with van der Waals surface area (Å²) in [6, 6.07) is 0. The van der Waals surface area contributed by atoms with Crippen molar-refractivity contribution in [2.24, 2.45) is 7.05 Å². The topological polar surface area (TPSA) is 74.6 Å². The van der Waals surface area contributed by atoms with Gasteiger partial charge >= 0.3 is 11.9 Å². The van der Waals surface area contributed by atoms with E-state index in [0.29, 0.717) is 15.4 Å². The van der Waals surface area contributed by atoms with Gasteiger partial charge in [-0.15, -0.1) is 0 Å². The Kier molecular flexibility index (Phi) is 3.22. The molecule has 0 aromatic heterocycles. The Morgan fingerprint density at radius 1 is 1.11 bits per heavy atom.